The van der Waals surface area contributed by atoms with Crippen molar-refractivity contribution in [2.24, 2.45) is 0 Å². The predicted molar refractivity (Wildman–Crippen MR) is 130 cm³/mol. The molecule has 0 saturated heterocycles. The Balaban J connectivity index is 1.44. The van der Waals surface area contributed by atoms with Crippen LogP contribution in [0.15, 0.2) is 124 Å². The summed E-state index contributed by atoms with van der Waals surface area (Å²) in [5.74, 6) is 0.205. The molecule has 1 heterocycles. The monoisotopic (exact) mass is 456 g/mol. The van der Waals surface area contributed by atoms with Crippen molar-refractivity contribution in [2.75, 3.05) is 6.61 Å². The van der Waals surface area contributed by atoms with Crippen molar-refractivity contribution in [3.8, 4) is 5.75 Å². The largest absolute Gasteiger partial charge is 0.482 e. The molecule has 4 rings (SSSR count). The Bertz CT molecular complexity index is 1120. The highest BCUT2D eigenvalue weighted by Gasteiger charge is 2.28. The van der Waals surface area contributed by atoms with Crippen LogP contribution in [-0.2, 0) is 26.0 Å². The minimum atomic E-state index is -0.757. The average Bonchev–Trinajstić information content (AvgIpc) is 2.85. The van der Waals surface area contributed by atoms with Crippen LogP contribution in [0, 0.1) is 0 Å². The minimum Gasteiger partial charge on any atom is -0.482 e. The van der Waals surface area contributed by atoms with Gasteiger partial charge in [0.05, 0.1) is 10.9 Å². The first-order valence-electron chi connectivity index (χ1n) is 10.7. The van der Waals surface area contributed by atoms with Gasteiger partial charge in [0.1, 0.15) is 11.4 Å². The van der Waals surface area contributed by atoms with E-state index >= 15 is 0 Å². The predicted octanol–water partition coefficient (Wildman–Crippen LogP) is 6.03. The number of nitrogens with zero attached hydrogens (tertiary/aromatic N) is 1. The van der Waals surface area contributed by atoms with Gasteiger partial charge in [-0.3, -0.25) is 4.98 Å². The second kappa shape index (κ2) is 10.4. The number of hydrogen-bond donors (Lipinski definition) is 0. The molecule has 0 amide bonds. The molecule has 0 bridgehead atoms. The van der Waals surface area contributed by atoms with Crippen LogP contribution in [0.3, 0.4) is 0 Å². The molecule has 0 aliphatic heterocycles. The molecule has 0 aliphatic carbocycles. The summed E-state index contributed by atoms with van der Waals surface area (Å²) in [5.41, 5.74) is 0.122. The lowest BCUT2D eigenvalue weighted by Crippen LogP contribution is -2.28. The van der Waals surface area contributed by atoms with Crippen LogP contribution in [0.5, 0.6) is 5.75 Å². The van der Waals surface area contributed by atoms with Gasteiger partial charge in [0, 0.05) is 12.4 Å². The highest BCUT2D eigenvalue weighted by molar-refractivity contribution is 7.97. The molecule has 0 atom stereocenters. The van der Waals surface area contributed by atoms with E-state index in [1.165, 1.54) is 14.7 Å². The fourth-order valence-electron chi connectivity index (χ4n) is 3.46. The zero-order chi connectivity index (χ0) is 23.1. The van der Waals surface area contributed by atoms with Crippen molar-refractivity contribution in [1.29, 1.82) is 0 Å². The number of carbonyl (C=O) groups excluding carboxylic acids is 1. The summed E-state index contributed by atoms with van der Waals surface area (Å²) in [6.45, 7) is 3.55. The van der Waals surface area contributed by atoms with Crippen molar-refractivity contribution in [3.05, 3.63) is 115 Å². The van der Waals surface area contributed by atoms with Crippen LogP contribution in [0.25, 0.3) is 0 Å². The Kier molecular flexibility index (Phi) is 7.10. The third-order valence-corrected chi connectivity index (χ3v) is 7.35. The quantitative estimate of drug-likeness (QED) is 0.240. The number of rotatable bonds is 8. The van der Waals surface area contributed by atoms with E-state index in [1.807, 2.05) is 50.2 Å². The lowest BCUT2D eigenvalue weighted by molar-refractivity contribution is -0.159. The topological polar surface area (TPSA) is 48.4 Å². The summed E-state index contributed by atoms with van der Waals surface area (Å²) < 4.78 is 11.3. The smallest absolute Gasteiger partial charge is 0.345 e. The first-order valence-corrected chi connectivity index (χ1v) is 11.9. The Morgan fingerprint density at radius 1 is 0.758 bits per heavy atom. The van der Waals surface area contributed by atoms with Crippen molar-refractivity contribution in [2.45, 2.75) is 34.1 Å². The third-order valence-electron chi connectivity index (χ3n) is 5.12. The van der Waals surface area contributed by atoms with Gasteiger partial charge in [0.2, 0.25) is 0 Å². The van der Waals surface area contributed by atoms with E-state index in [2.05, 4.69) is 65.6 Å². The minimum absolute atomic E-state index is 0.156. The molecular formula is C28H26NO3S+. The zero-order valence-corrected chi connectivity index (χ0v) is 19.5. The molecule has 0 aliphatic rings. The molecule has 166 valence electrons. The number of pyridine rings is 1. The fourth-order valence-corrected chi connectivity index (χ4v) is 5.55. The molecular weight excluding hydrogens is 430 g/mol. The van der Waals surface area contributed by atoms with Crippen LogP contribution in [0.2, 0.25) is 0 Å². The van der Waals surface area contributed by atoms with E-state index in [0.717, 1.165) is 5.56 Å². The van der Waals surface area contributed by atoms with Gasteiger partial charge in [-0.25, -0.2) is 4.79 Å². The van der Waals surface area contributed by atoms with E-state index in [-0.39, 0.29) is 17.5 Å². The van der Waals surface area contributed by atoms with Gasteiger partial charge >= 0.3 is 5.97 Å². The lowest BCUT2D eigenvalue weighted by Gasteiger charge is -2.25. The van der Waals surface area contributed by atoms with Gasteiger partial charge in [0.25, 0.3) is 0 Å². The summed E-state index contributed by atoms with van der Waals surface area (Å²) in [6.07, 6.45) is 3.36. The SMILES string of the molecule is CC(C)(OC(=O)COc1ccc([S+](c2ccccc2)c2ccccc2)cc1)c1ccncc1. The molecule has 0 radical (unpaired) electrons. The molecule has 33 heavy (non-hydrogen) atoms. The van der Waals surface area contributed by atoms with Gasteiger partial charge in [-0.05, 0) is 80.1 Å². The summed E-state index contributed by atoms with van der Waals surface area (Å²) in [4.78, 5) is 20.1. The molecule has 5 heteroatoms. The van der Waals surface area contributed by atoms with Crippen LogP contribution < -0.4 is 4.74 Å². The number of carbonyl (C=O) groups is 1. The van der Waals surface area contributed by atoms with Gasteiger partial charge in [0.15, 0.2) is 21.3 Å². The van der Waals surface area contributed by atoms with Gasteiger partial charge < -0.3 is 9.47 Å². The Morgan fingerprint density at radius 2 is 1.27 bits per heavy atom. The van der Waals surface area contributed by atoms with Crippen LogP contribution in [0.1, 0.15) is 19.4 Å². The number of hydrogen-bond acceptors (Lipinski definition) is 4. The van der Waals surface area contributed by atoms with E-state index in [9.17, 15) is 4.79 Å². The van der Waals surface area contributed by atoms with Crippen LogP contribution in [0.4, 0.5) is 0 Å². The van der Waals surface area contributed by atoms with E-state index in [1.54, 1.807) is 12.4 Å². The highest BCUT2D eigenvalue weighted by Crippen LogP contribution is 2.32. The molecule has 0 fully saturated rings. The molecule has 0 saturated carbocycles. The van der Waals surface area contributed by atoms with Gasteiger partial charge in [-0.15, -0.1) is 0 Å². The number of ether oxygens (including phenoxy) is 2. The zero-order valence-electron chi connectivity index (χ0n) is 18.7. The molecule has 0 N–H and O–H groups in total. The Hall–Kier alpha value is -3.57. The second-order valence-electron chi connectivity index (χ2n) is 7.91. The molecule has 0 spiro atoms. The maximum Gasteiger partial charge on any atom is 0.345 e. The number of aromatic nitrogens is 1. The normalized spacial score (nSPS) is 11.2. The molecule has 3 aromatic carbocycles. The van der Waals surface area contributed by atoms with Crippen molar-refractivity contribution >= 4 is 16.9 Å². The summed E-state index contributed by atoms with van der Waals surface area (Å²) in [6, 6.07) is 32.5. The molecule has 4 aromatic rings. The van der Waals surface area contributed by atoms with E-state index in [0.29, 0.717) is 5.75 Å². The lowest BCUT2D eigenvalue weighted by atomic mass is 9.99. The maximum absolute atomic E-state index is 12.4. The first-order chi connectivity index (χ1) is 16.0. The van der Waals surface area contributed by atoms with Crippen LogP contribution >= 0.6 is 0 Å². The summed E-state index contributed by atoms with van der Waals surface area (Å²) >= 11 is 0. The number of esters is 1. The maximum atomic E-state index is 12.4. The van der Waals surface area contributed by atoms with Crippen molar-refractivity contribution in [3.63, 3.8) is 0 Å². The van der Waals surface area contributed by atoms with Crippen molar-refractivity contribution < 1.29 is 14.3 Å². The first kappa shape index (κ1) is 22.6. The van der Waals surface area contributed by atoms with Gasteiger partial charge in [-0.2, -0.15) is 0 Å². The van der Waals surface area contributed by atoms with Gasteiger partial charge in [-0.1, -0.05) is 36.4 Å². The average molecular weight is 457 g/mol. The summed E-state index contributed by atoms with van der Waals surface area (Å²) in [5, 5.41) is 0. The highest BCUT2D eigenvalue weighted by atomic mass is 32.2. The van der Waals surface area contributed by atoms with E-state index < -0.39 is 11.6 Å². The molecule has 0 unspecified atom stereocenters. The fraction of sp³-hybridized carbons (Fsp3) is 0.143. The standard InChI is InChI=1S/C28H26NO3S/c1-28(2,22-17-19-29-20-18-22)32-27(30)21-31-23-13-15-26(16-14-23)33(24-9-5-3-6-10-24)25-11-7-4-8-12-25/h3-20H,21H2,1-2H3/q+1. The second-order valence-corrected chi connectivity index (χ2v) is 9.94. The molecule has 1 aromatic heterocycles. The van der Waals surface area contributed by atoms with Crippen LogP contribution in [-0.4, -0.2) is 17.6 Å². The van der Waals surface area contributed by atoms with E-state index in [4.69, 9.17) is 9.47 Å². The third kappa shape index (κ3) is 5.82. The molecule has 4 nitrogen and oxygen atoms in total. The summed E-state index contributed by atoms with van der Waals surface area (Å²) in [7, 11) is -0.223. The number of benzene rings is 3. The Morgan fingerprint density at radius 3 is 1.82 bits per heavy atom. The van der Waals surface area contributed by atoms with Crippen molar-refractivity contribution in [1.82, 2.24) is 4.98 Å². The Labute approximate surface area is 197 Å².